The van der Waals surface area contributed by atoms with Crippen LogP contribution in [-0.2, 0) is 6.42 Å². The molecule has 0 spiro atoms. The first-order chi connectivity index (χ1) is 14.8. The molecule has 0 aromatic heterocycles. The predicted molar refractivity (Wildman–Crippen MR) is 127 cm³/mol. The fraction of sp³-hybridized carbons (Fsp3) is 0.296. The third kappa shape index (κ3) is 4.96. The zero-order chi connectivity index (χ0) is 22.0. The summed E-state index contributed by atoms with van der Waals surface area (Å²) in [5, 5.41) is 19.3. The number of hydrogen-bond acceptors (Lipinski definition) is 4. The van der Waals surface area contributed by atoms with Gasteiger partial charge >= 0.3 is 0 Å². The van der Waals surface area contributed by atoms with Crippen LogP contribution in [0.2, 0.25) is 0 Å². The number of nitriles is 1. The van der Waals surface area contributed by atoms with Crippen molar-refractivity contribution in [3.63, 3.8) is 0 Å². The van der Waals surface area contributed by atoms with Crippen molar-refractivity contribution < 1.29 is 5.11 Å². The van der Waals surface area contributed by atoms with Crippen LogP contribution in [0.4, 0.5) is 5.69 Å². The van der Waals surface area contributed by atoms with Gasteiger partial charge in [-0.05, 0) is 72.4 Å². The van der Waals surface area contributed by atoms with Crippen LogP contribution in [0.5, 0.6) is 0 Å². The molecule has 1 aliphatic rings. The lowest BCUT2D eigenvalue weighted by Crippen LogP contribution is -2.26. The van der Waals surface area contributed by atoms with E-state index in [2.05, 4.69) is 53.4 Å². The lowest BCUT2D eigenvalue weighted by atomic mass is 9.91. The molecule has 0 radical (unpaired) electrons. The monoisotopic (exact) mass is 411 g/mol. The van der Waals surface area contributed by atoms with Crippen molar-refractivity contribution in [3.8, 4) is 28.3 Å². The number of nitrogens with two attached hydrogens (primary N) is 1. The molecule has 3 aromatic carbocycles. The number of anilines is 1. The average Bonchev–Trinajstić information content (AvgIpc) is 3.19. The first kappa shape index (κ1) is 21.1. The normalized spacial score (nSPS) is 16.4. The van der Waals surface area contributed by atoms with E-state index in [1.54, 1.807) is 0 Å². The van der Waals surface area contributed by atoms with Crippen LogP contribution in [0.15, 0.2) is 66.7 Å². The molecule has 1 heterocycles. The van der Waals surface area contributed by atoms with Gasteiger partial charge in [-0.15, -0.1) is 0 Å². The summed E-state index contributed by atoms with van der Waals surface area (Å²) in [4.78, 5) is 2.34. The van der Waals surface area contributed by atoms with E-state index in [9.17, 15) is 5.11 Å². The van der Waals surface area contributed by atoms with E-state index in [4.69, 9.17) is 11.0 Å². The molecule has 31 heavy (non-hydrogen) atoms. The lowest BCUT2D eigenvalue weighted by Gasteiger charge is -2.21. The summed E-state index contributed by atoms with van der Waals surface area (Å²) in [6.07, 6.45) is 1.63. The highest BCUT2D eigenvalue weighted by molar-refractivity contribution is 5.86. The second kappa shape index (κ2) is 8.55. The summed E-state index contributed by atoms with van der Waals surface area (Å²) < 4.78 is 0. The molecule has 1 aliphatic heterocycles. The molecule has 0 unspecified atom stereocenters. The molecule has 4 rings (SSSR count). The van der Waals surface area contributed by atoms with Gasteiger partial charge in [0.15, 0.2) is 0 Å². The first-order valence-corrected chi connectivity index (χ1v) is 10.8. The molecule has 0 saturated carbocycles. The van der Waals surface area contributed by atoms with Crippen LogP contribution in [-0.4, -0.2) is 29.8 Å². The minimum Gasteiger partial charge on any atom is -0.390 e. The maximum atomic E-state index is 10.1. The third-order valence-electron chi connectivity index (χ3n) is 5.82. The molecule has 4 nitrogen and oxygen atoms in total. The third-order valence-corrected chi connectivity index (χ3v) is 5.82. The van der Waals surface area contributed by atoms with Gasteiger partial charge in [0.1, 0.15) is 0 Å². The van der Waals surface area contributed by atoms with Crippen molar-refractivity contribution in [1.82, 2.24) is 0 Å². The number of aliphatic hydroxyl groups is 1. The van der Waals surface area contributed by atoms with Crippen molar-refractivity contribution in [3.05, 3.63) is 77.9 Å². The van der Waals surface area contributed by atoms with Crippen molar-refractivity contribution in [2.75, 3.05) is 18.0 Å². The molecule has 3 N–H and O–H groups in total. The molecular weight excluding hydrogens is 382 g/mol. The van der Waals surface area contributed by atoms with Crippen LogP contribution >= 0.6 is 0 Å². The second-order valence-corrected chi connectivity index (χ2v) is 9.10. The minimum absolute atomic E-state index is 0.223. The Morgan fingerprint density at radius 1 is 1.00 bits per heavy atom. The van der Waals surface area contributed by atoms with Crippen molar-refractivity contribution >= 4 is 5.69 Å². The molecule has 158 valence electrons. The van der Waals surface area contributed by atoms with Crippen LogP contribution < -0.4 is 10.6 Å². The predicted octanol–water partition coefficient (Wildman–Crippen LogP) is 4.74. The quantitative estimate of drug-likeness (QED) is 0.636. The second-order valence-electron chi connectivity index (χ2n) is 9.10. The summed E-state index contributed by atoms with van der Waals surface area (Å²) in [6, 6.07) is 25.2. The number of rotatable bonds is 5. The minimum atomic E-state index is -0.729. The Morgan fingerprint density at radius 2 is 1.65 bits per heavy atom. The van der Waals surface area contributed by atoms with Crippen LogP contribution in [0.3, 0.4) is 0 Å². The summed E-state index contributed by atoms with van der Waals surface area (Å²) in [5.41, 5.74) is 12.8. The van der Waals surface area contributed by atoms with Gasteiger partial charge < -0.3 is 15.7 Å². The molecule has 1 fully saturated rings. The molecule has 3 aromatic rings. The number of hydrogen-bond donors (Lipinski definition) is 2. The van der Waals surface area contributed by atoms with Gasteiger partial charge in [-0.2, -0.15) is 5.26 Å². The molecule has 0 bridgehead atoms. The fourth-order valence-corrected chi connectivity index (χ4v) is 4.27. The highest BCUT2D eigenvalue weighted by atomic mass is 16.3. The smallest absolute Gasteiger partial charge is 0.0991 e. The van der Waals surface area contributed by atoms with E-state index in [1.165, 1.54) is 5.69 Å². The maximum absolute atomic E-state index is 10.1. The summed E-state index contributed by atoms with van der Waals surface area (Å²) in [5.74, 6) is 0. The van der Waals surface area contributed by atoms with Crippen molar-refractivity contribution in [1.29, 1.82) is 5.26 Å². The molecule has 1 saturated heterocycles. The van der Waals surface area contributed by atoms with Crippen LogP contribution in [0, 0.1) is 11.3 Å². The van der Waals surface area contributed by atoms with E-state index < -0.39 is 5.60 Å². The zero-order valence-electron chi connectivity index (χ0n) is 18.2. The summed E-state index contributed by atoms with van der Waals surface area (Å²) in [6.45, 7) is 5.50. The lowest BCUT2D eigenvalue weighted by molar-refractivity contribution is 0.0810. The van der Waals surface area contributed by atoms with E-state index >= 15 is 0 Å². The fourth-order valence-electron chi connectivity index (χ4n) is 4.27. The zero-order valence-corrected chi connectivity index (χ0v) is 18.2. The first-order valence-electron chi connectivity index (χ1n) is 10.8. The Balaban J connectivity index is 1.74. The average molecular weight is 412 g/mol. The molecule has 1 atom stereocenters. The maximum Gasteiger partial charge on any atom is 0.0991 e. The largest absolute Gasteiger partial charge is 0.390 e. The van der Waals surface area contributed by atoms with Gasteiger partial charge in [0.2, 0.25) is 0 Å². The van der Waals surface area contributed by atoms with Gasteiger partial charge in [0.25, 0.3) is 0 Å². The SMILES string of the molecule is CC(C)(O)Cc1ccc(-c2ccc(N3CC[C@H](N)C3)cc2-c2ccc(C#N)cc2)cc1. The standard InChI is InChI=1S/C27H29N3O/c1-27(2,31)16-19-3-7-21(8-4-19)25-12-11-24(30-14-13-23(29)18-30)15-26(25)22-9-5-20(17-28)6-10-22/h3-12,15,23,31H,13-14,16,18,29H2,1-2H3/t23-/m0/s1. The van der Waals surface area contributed by atoms with Gasteiger partial charge in [0, 0.05) is 31.2 Å². The van der Waals surface area contributed by atoms with Crippen molar-refractivity contribution in [2.24, 2.45) is 5.73 Å². The van der Waals surface area contributed by atoms with E-state index in [1.807, 2.05) is 38.1 Å². The summed E-state index contributed by atoms with van der Waals surface area (Å²) in [7, 11) is 0. The van der Waals surface area contributed by atoms with Crippen LogP contribution in [0.1, 0.15) is 31.4 Å². The van der Waals surface area contributed by atoms with Gasteiger partial charge in [-0.3, -0.25) is 0 Å². The molecule has 4 heteroatoms. The number of nitrogens with zero attached hydrogens (tertiary/aromatic N) is 2. The molecular formula is C27H29N3O. The molecule has 0 aliphatic carbocycles. The van der Waals surface area contributed by atoms with Gasteiger partial charge in [-0.25, -0.2) is 0 Å². The number of benzene rings is 3. The summed E-state index contributed by atoms with van der Waals surface area (Å²) >= 11 is 0. The Hall–Kier alpha value is -3.13. The Bertz CT molecular complexity index is 1090. The molecule has 0 amide bonds. The highest BCUT2D eigenvalue weighted by Crippen LogP contribution is 2.36. The van der Waals surface area contributed by atoms with Crippen molar-refractivity contribution in [2.45, 2.75) is 38.3 Å². The Labute approximate surface area is 184 Å². The Morgan fingerprint density at radius 3 is 2.23 bits per heavy atom. The van der Waals surface area contributed by atoms with E-state index in [0.717, 1.165) is 47.3 Å². The Kier molecular flexibility index (Phi) is 5.82. The van der Waals surface area contributed by atoms with E-state index in [0.29, 0.717) is 12.0 Å². The van der Waals surface area contributed by atoms with Gasteiger partial charge in [-0.1, -0.05) is 42.5 Å². The van der Waals surface area contributed by atoms with E-state index in [-0.39, 0.29) is 6.04 Å². The topological polar surface area (TPSA) is 73.3 Å². The highest BCUT2D eigenvalue weighted by Gasteiger charge is 2.21. The van der Waals surface area contributed by atoms with Gasteiger partial charge in [0.05, 0.1) is 17.2 Å². The van der Waals surface area contributed by atoms with Crippen LogP contribution in [0.25, 0.3) is 22.3 Å².